The number of alkyl carbamates (subject to hydrolysis) is 2. The number of carboxylic acids is 3. The quantitative estimate of drug-likeness (QED) is 0.0153. The fraction of sp³-hybridized carbons (Fsp3) is 0.681. The number of carbonyl (C=O) groups excluding carboxylic acids is 6. The van der Waals surface area contributed by atoms with E-state index in [2.05, 4.69) is 30.4 Å². The summed E-state index contributed by atoms with van der Waals surface area (Å²) in [7, 11) is 0. The Hall–Kier alpha value is -5.15. The van der Waals surface area contributed by atoms with E-state index in [0.29, 0.717) is 83.6 Å². The molecule has 0 aliphatic rings. The average Bonchev–Trinajstić information content (AvgIpc) is 3.22. The number of aldehydes is 1. The number of Topliss-reactive ketones (excluding diaryl/α,β-unsaturated/α-hetero) is 2. The molecular formula is C47H80ClF3N4O14. The minimum absolute atomic E-state index is 0.201. The third kappa shape index (κ3) is 62.9. The van der Waals surface area contributed by atoms with Gasteiger partial charge in [0, 0.05) is 32.1 Å². The molecule has 3 atom stereocenters. The molecule has 400 valence electrons. The second-order valence-electron chi connectivity index (χ2n) is 17.1. The predicted molar refractivity (Wildman–Crippen MR) is 258 cm³/mol. The van der Waals surface area contributed by atoms with E-state index in [1.54, 1.807) is 59.8 Å². The number of alkyl halides is 3. The van der Waals surface area contributed by atoms with Gasteiger partial charge in [-0.15, -0.1) is 19.7 Å². The Balaban J connectivity index is -0.000000266. The average molecular weight is 1020 g/mol. The maximum absolute atomic E-state index is 11.6. The molecule has 0 unspecified atom stereocenters. The normalized spacial score (nSPS) is 11.9. The van der Waals surface area contributed by atoms with Crippen LogP contribution >= 0.6 is 11.6 Å². The van der Waals surface area contributed by atoms with Gasteiger partial charge in [-0.05, 0) is 124 Å². The number of rotatable bonds is 30. The number of ketones is 2. The van der Waals surface area contributed by atoms with Crippen LogP contribution in [0.3, 0.4) is 0 Å². The van der Waals surface area contributed by atoms with E-state index in [4.69, 9.17) is 52.7 Å². The first-order chi connectivity index (χ1) is 31.8. The SMILES string of the molecule is C=CCCC(=O)CCCCC[C@H](N)C(=O)O.C=CCCC(=O)CCCCC[C@H](NC(=O)OC(C)(C)C)C(=O)O.C=CCCC(=O)Cl.CC(C)(C)OC(=O)N[C@@H](CCCCN)C(=O)O.O=CC(F)(F)F. The second kappa shape index (κ2) is 44.1. The first-order valence-electron chi connectivity index (χ1n) is 22.5. The number of ether oxygens (including phenoxy) is 2. The molecule has 18 nitrogen and oxygen atoms in total. The van der Waals surface area contributed by atoms with Crippen LogP contribution in [0.4, 0.5) is 22.8 Å². The summed E-state index contributed by atoms with van der Waals surface area (Å²) in [6.07, 6.45) is 9.77. The van der Waals surface area contributed by atoms with Crippen LogP contribution in [-0.4, -0.2) is 111 Å². The summed E-state index contributed by atoms with van der Waals surface area (Å²) in [6.45, 7) is 21.4. The number of nitrogens with two attached hydrogens (primary N) is 2. The molecule has 22 heteroatoms. The van der Waals surface area contributed by atoms with Crippen molar-refractivity contribution in [1.82, 2.24) is 10.6 Å². The molecule has 69 heavy (non-hydrogen) atoms. The molecular weight excluding hydrogens is 937 g/mol. The highest BCUT2D eigenvalue weighted by Crippen LogP contribution is 2.12. The number of allylic oxidation sites excluding steroid dienone is 3. The van der Waals surface area contributed by atoms with Gasteiger partial charge in [-0.2, -0.15) is 13.2 Å². The zero-order valence-electron chi connectivity index (χ0n) is 41.3. The fourth-order valence-corrected chi connectivity index (χ4v) is 4.84. The number of carboxylic acid groups (broad SMARTS) is 3. The summed E-state index contributed by atoms with van der Waals surface area (Å²) >= 11 is 4.97. The van der Waals surface area contributed by atoms with E-state index in [-0.39, 0.29) is 16.8 Å². The van der Waals surface area contributed by atoms with Crippen molar-refractivity contribution in [3.63, 3.8) is 0 Å². The molecule has 9 N–H and O–H groups in total. The van der Waals surface area contributed by atoms with Crippen molar-refractivity contribution < 1.29 is 81.1 Å². The molecule has 0 aromatic heterocycles. The Morgan fingerprint density at radius 1 is 0.580 bits per heavy atom. The third-order valence-corrected chi connectivity index (χ3v) is 8.28. The van der Waals surface area contributed by atoms with Crippen LogP contribution in [-0.2, 0) is 43.0 Å². The molecule has 0 saturated heterocycles. The van der Waals surface area contributed by atoms with E-state index < -0.39 is 71.9 Å². The summed E-state index contributed by atoms with van der Waals surface area (Å²) in [6, 6.07) is -2.66. The fourth-order valence-electron chi connectivity index (χ4n) is 4.73. The topological polar surface area (TPSA) is 309 Å². The summed E-state index contributed by atoms with van der Waals surface area (Å²) in [5.74, 6) is -2.65. The van der Waals surface area contributed by atoms with Gasteiger partial charge < -0.3 is 46.9 Å². The highest BCUT2D eigenvalue weighted by molar-refractivity contribution is 6.63. The summed E-state index contributed by atoms with van der Waals surface area (Å²) in [5, 5.41) is 31.0. The van der Waals surface area contributed by atoms with Gasteiger partial charge in [-0.3, -0.25) is 24.0 Å². The van der Waals surface area contributed by atoms with Gasteiger partial charge in [-0.25, -0.2) is 19.2 Å². The van der Waals surface area contributed by atoms with Crippen molar-refractivity contribution in [3.8, 4) is 0 Å². The lowest BCUT2D eigenvalue weighted by atomic mass is 10.0. The third-order valence-electron chi connectivity index (χ3n) is 8.09. The Morgan fingerprint density at radius 3 is 1.17 bits per heavy atom. The molecule has 0 heterocycles. The van der Waals surface area contributed by atoms with Crippen LogP contribution in [0.2, 0.25) is 0 Å². The van der Waals surface area contributed by atoms with Crippen LogP contribution in [0, 0.1) is 0 Å². The molecule has 0 bridgehead atoms. The first-order valence-corrected chi connectivity index (χ1v) is 22.9. The second-order valence-corrected chi connectivity index (χ2v) is 17.5. The van der Waals surface area contributed by atoms with Crippen LogP contribution in [0.1, 0.15) is 164 Å². The number of amides is 2. The van der Waals surface area contributed by atoms with Crippen LogP contribution in [0.5, 0.6) is 0 Å². The summed E-state index contributed by atoms with van der Waals surface area (Å²) < 4.78 is 41.3. The van der Waals surface area contributed by atoms with Crippen molar-refractivity contribution in [1.29, 1.82) is 0 Å². The monoisotopic (exact) mass is 1020 g/mol. The lowest BCUT2D eigenvalue weighted by Gasteiger charge is -2.22. The summed E-state index contributed by atoms with van der Waals surface area (Å²) in [4.78, 5) is 96.8. The molecule has 0 saturated carbocycles. The van der Waals surface area contributed by atoms with Gasteiger partial charge in [0.05, 0.1) is 0 Å². The number of aliphatic carboxylic acids is 3. The van der Waals surface area contributed by atoms with E-state index >= 15 is 0 Å². The van der Waals surface area contributed by atoms with Crippen molar-refractivity contribution in [2.24, 2.45) is 11.5 Å². The number of hydrogen-bond acceptors (Lipinski definition) is 13. The number of halogens is 4. The predicted octanol–water partition coefficient (Wildman–Crippen LogP) is 8.89. The highest BCUT2D eigenvalue weighted by atomic mass is 35.5. The summed E-state index contributed by atoms with van der Waals surface area (Å²) in [5.41, 5.74) is 9.36. The van der Waals surface area contributed by atoms with Crippen LogP contribution in [0.15, 0.2) is 38.0 Å². The highest BCUT2D eigenvalue weighted by Gasteiger charge is 2.26. The van der Waals surface area contributed by atoms with Gasteiger partial charge in [-0.1, -0.05) is 43.9 Å². The minimum atomic E-state index is -4.64. The van der Waals surface area contributed by atoms with Gasteiger partial charge in [0.15, 0.2) is 0 Å². The molecule has 0 rings (SSSR count). The van der Waals surface area contributed by atoms with Crippen molar-refractivity contribution in [2.75, 3.05) is 6.54 Å². The number of carbonyl (C=O) groups is 9. The largest absolute Gasteiger partial charge is 0.480 e. The minimum Gasteiger partial charge on any atom is -0.480 e. The van der Waals surface area contributed by atoms with Crippen LogP contribution < -0.4 is 22.1 Å². The Labute approximate surface area is 410 Å². The van der Waals surface area contributed by atoms with E-state index in [0.717, 1.165) is 44.9 Å². The van der Waals surface area contributed by atoms with E-state index in [1.165, 1.54) is 0 Å². The van der Waals surface area contributed by atoms with Crippen LogP contribution in [0.25, 0.3) is 0 Å². The Kier molecular flexibility index (Phi) is 46.5. The van der Waals surface area contributed by atoms with Gasteiger partial charge in [0.1, 0.15) is 40.9 Å². The Morgan fingerprint density at radius 2 is 0.913 bits per heavy atom. The first kappa shape index (κ1) is 72.8. The Bertz CT molecular complexity index is 1530. The van der Waals surface area contributed by atoms with Crippen molar-refractivity contribution in [3.05, 3.63) is 38.0 Å². The number of hydrogen-bond donors (Lipinski definition) is 7. The van der Waals surface area contributed by atoms with Crippen molar-refractivity contribution >= 4 is 64.8 Å². The molecule has 0 spiro atoms. The number of unbranched alkanes of at least 4 members (excludes halogenated alkanes) is 5. The lowest BCUT2D eigenvalue weighted by molar-refractivity contribution is -0.156. The van der Waals surface area contributed by atoms with Gasteiger partial charge >= 0.3 is 36.3 Å². The molecule has 2 amide bonds. The van der Waals surface area contributed by atoms with Gasteiger partial charge in [0.2, 0.25) is 11.5 Å². The smallest absolute Gasteiger partial charge is 0.446 e. The van der Waals surface area contributed by atoms with Gasteiger partial charge in [0.25, 0.3) is 0 Å². The number of nitrogens with one attached hydrogen (secondary N) is 2. The maximum Gasteiger partial charge on any atom is 0.446 e. The molecule has 0 fully saturated rings. The maximum atomic E-state index is 11.6. The zero-order valence-corrected chi connectivity index (χ0v) is 42.1. The van der Waals surface area contributed by atoms with E-state index in [9.17, 15) is 51.5 Å². The lowest BCUT2D eigenvalue weighted by Crippen LogP contribution is -2.43. The molecule has 0 aliphatic heterocycles. The van der Waals surface area contributed by atoms with Crippen molar-refractivity contribution in [2.45, 2.75) is 199 Å². The molecule has 0 aromatic carbocycles. The molecule has 0 aromatic rings. The zero-order chi connectivity index (χ0) is 54.6. The molecule has 0 radical (unpaired) electrons. The molecule has 0 aliphatic carbocycles. The van der Waals surface area contributed by atoms with E-state index in [1.807, 2.05) is 0 Å². The standard InChI is InChI=1S/C17H29NO5.C12H21NO3.C11H22N2O4.C5H7ClO.C2HF3O/c1-5-6-10-13(19)11-8-7-9-12-14(15(20)21)18-16(22)23-17(2,3)4;1-2-3-7-10(14)8-5-4-6-9-11(13)12(15)16;1-11(2,3)17-10(16)13-8(9(14)15)6-4-5-7-12;1-2-3-4-5(6)7;3-2(4,5)1-6/h5,14H,1,6-12H2,2-4H3,(H,18,22)(H,20,21);2,11H,1,3-9,13H2,(H,15,16);8H,4-7,12H2,1-3H3,(H,13,16)(H,14,15);2H,1,3-4H2;1H/t14-;11-;8-;;/m000../s1.